The highest BCUT2D eigenvalue weighted by atomic mass is 14.9. The van der Waals surface area contributed by atoms with Crippen molar-refractivity contribution in [2.45, 2.75) is 25.8 Å². The lowest BCUT2D eigenvalue weighted by molar-refractivity contribution is 0.540. The molecule has 2 heteroatoms. The number of benzene rings is 1. The van der Waals surface area contributed by atoms with Gasteiger partial charge in [-0.3, -0.25) is 0 Å². The highest BCUT2D eigenvalue weighted by Gasteiger charge is 2.08. The van der Waals surface area contributed by atoms with Crippen molar-refractivity contribution in [1.82, 2.24) is 5.32 Å². The average Bonchev–Trinajstić information content (AvgIpc) is 2.25. The largest absolute Gasteiger partial charge is 0.309 e. The summed E-state index contributed by atoms with van der Waals surface area (Å²) in [6, 6.07) is 12.5. The molecule has 2 nitrogen and oxygen atoms in total. The predicted molar refractivity (Wildman–Crippen MR) is 57.7 cm³/mol. The molecule has 1 rings (SSSR count). The van der Waals surface area contributed by atoms with Gasteiger partial charge in [-0.1, -0.05) is 37.3 Å². The van der Waals surface area contributed by atoms with Gasteiger partial charge in [-0.25, -0.2) is 0 Å². The van der Waals surface area contributed by atoms with E-state index in [1.807, 2.05) is 18.2 Å². The van der Waals surface area contributed by atoms with E-state index in [9.17, 15) is 0 Å². The SMILES string of the molecule is CCCNC(CC#N)c1ccccc1. The van der Waals surface area contributed by atoms with E-state index in [0.717, 1.165) is 13.0 Å². The van der Waals surface area contributed by atoms with Gasteiger partial charge in [0, 0.05) is 6.04 Å². The molecule has 0 aliphatic carbocycles. The molecule has 0 aliphatic rings. The minimum Gasteiger partial charge on any atom is -0.309 e. The van der Waals surface area contributed by atoms with Crippen LogP contribution in [0.2, 0.25) is 0 Å². The molecule has 0 fully saturated rings. The van der Waals surface area contributed by atoms with Crippen molar-refractivity contribution in [3.05, 3.63) is 35.9 Å². The number of hydrogen-bond acceptors (Lipinski definition) is 2. The number of rotatable bonds is 5. The highest BCUT2D eigenvalue weighted by molar-refractivity contribution is 5.19. The zero-order chi connectivity index (χ0) is 10.2. The molecule has 1 atom stereocenters. The van der Waals surface area contributed by atoms with Crippen LogP contribution in [0.3, 0.4) is 0 Å². The van der Waals surface area contributed by atoms with Crippen LogP contribution >= 0.6 is 0 Å². The van der Waals surface area contributed by atoms with E-state index in [4.69, 9.17) is 5.26 Å². The summed E-state index contributed by atoms with van der Waals surface area (Å²) in [5, 5.41) is 12.1. The summed E-state index contributed by atoms with van der Waals surface area (Å²) < 4.78 is 0. The van der Waals surface area contributed by atoms with E-state index in [-0.39, 0.29) is 6.04 Å². The summed E-state index contributed by atoms with van der Waals surface area (Å²) in [5.41, 5.74) is 1.20. The van der Waals surface area contributed by atoms with Crippen LogP contribution in [0.25, 0.3) is 0 Å². The van der Waals surface area contributed by atoms with E-state index >= 15 is 0 Å². The molecule has 1 N–H and O–H groups in total. The van der Waals surface area contributed by atoms with Crippen LogP contribution in [-0.4, -0.2) is 6.54 Å². The molecule has 0 aliphatic heterocycles. The first-order valence-electron chi connectivity index (χ1n) is 5.03. The van der Waals surface area contributed by atoms with Gasteiger partial charge in [0.25, 0.3) is 0 Å². The molecule has 0 aromatic heterocycles. The number of nitriles is 1. The van der Waals surface area contributed by atoms with Gasteiger partial charge < -0.3 is 5.32 Å². The molecule has 0 saturated carbocycles. The molecule has 1 aromatic rings. The van der Waals surface area contributed by atoms with Crippen molar-refractivity contribution >= 4 is 0 Å². The molecule has 0 radical (unpaired) electrons. The minimum absolute atomic E-state index is 0.182. The third-order valence-corrected chi connectivity index (χ3v) is 2.14. The topological polar surface area (TPSA) is 35.8 Å². The van der Waals surface area contributed by atoms with Crippen LogP contribution in [0, 0.1) is 11.3 Å². The fourth-order valence-corrected chi connectivity index (χ4v) is 1.40. The first-order chi connectivity index (χ1) is 6.88. The average molecular weight is 188 g/mol. The Balaban J connectivity index is 2.63. The van der Waals surface area contributed by atoms with E-state index in [2.05, 4.69) is 30.4 Å². The van der Waals surface area contributed by atoms with Crippen molar-refractivity contribution in [2.75, 3.05) is 6.54 Å². The summed E-state index contributed by atoms with van der Waals surface area (Å²) in [7, 11) is 0. The van der Waals surface area contributed by atoms with Gasteiger partial charge in [0.1, 0.15) is 0 Å². The maximum atomic E-state index is 8.71. The van der Waals surface area contributed by atoms with Crippen molar-refractivity contribution in [2.24, 2.45) is 0 Å². The number of nitrogens with zero attached hydrogens (tertiary/aromatic N) is 1. The third-order valence-electron chi connectivity index (χ3n) is 2.14. The van der Waals surface area contributed by atoms with E-state index in [1.54, 1.807) is 0 Å². The maximum absolute atomic E-state index is 8.71. The van der Waals surface area contributed by atoms with Crippen LogP contribution in [0.15, 0.2) is 30.3 Å². The van der Waals surface area contributed by atoms with Gasteiger partial charge in [-0.2, -0.15) is 5.26 Å². The van der Waals surface area contributed by atoms with E-state index in [0.29, 0.717) is 6.42 Å². The summed E-state index contributed by atoms with van der Waals surface area (Å²) in [6.45, 7) is 3.09. The molecule has 0 saturated heterocycles. The van der Waals surface area contributed by atoms with Crippen LogP contribution < -0.4 is 5.32 Å². The number of hydrogen-bond donors (Lipinski definition) is 1. The summed E-state index contributed by atoms with van der Waals surface area (Å²) >= 11 is 0. The van der Waals surface area contributed by atoms with E-state index < -0.39 is 0 Å². The zero-order valence-electron chi connectivity index (χ0n) is 8.53. The Morgan fingerprint density at radius 2 is 2.07 bits per heavy atom. The summed E-state index contributed by atoms with van der Waals surface area (Å²) in [5.74, 6) is 0. The molecular formula is C12H16N2. The second-order valence-electron chi connectivity index (χ2n) is 3.28. The normalized spacial score (nSPS) is 12.0. The summed E-state index contributed by atoms with van der Waals surface area (Å²) in [4.78, 5) is 0. The molecule has 74 valence electrons. The Morgan fingerprint density at radius 1 is 1.36 bits per heavy atom. The Hall–Kier alpha value is -1.33. The smallest absolute Gasteiger partial charge is 0.0641 e. The fourth-order valence-electron chi connectivity index (χ4n) is 1.40. The Labute approximate surface area is 85.6 Å². The van der Waals surface area contributed by atoms with Gasteiger partial charge in [0.05, 0.1) is 12.5 Å². The molecular weight excluding hydrogens is 172 g/mol. The second-order valence-corrected chi connectivity index (χ2v) is 3.28. The quantitative estimate of drug-likeness (QED) is 0.771. The van der Waals surface area contributed by atoms with Gasteiger partial charge in [0.15, 0.2) is 0 Å². The molecule has 1 aromatic carbocycles. The van der Waals surface area contributed by atoms with Crippen molar-refractivity contribution in [3.63, 3.8) is 0 Å². The monoisotopic (exact) mass is 188 g/mol. The Kier molecular flexibility index (Phi) is 4.74. The molecule has 0 amide bonds. The molecule has 0 heterocycles. The van der Waals surface area contributed by atoms with Crippen LogP contribution in [0.5, 0.6) is 0 Å². The molecule has 0 bridgehead atoms. The fraction of sp³-hybridized carbons (Fsp3) is 0.417. The summed E-state index contributed by atoms with van der Waals surface area (Å²) in [6.07, 6.45) is 1.62. The van der Waals surface area contributed by atoms with E-state index in [1.165, 1.54) is 5.56 Å². The lowest BCUT2D eigenvalue weighted by Crippen LogP contribution is -2.21. The van der Waals surface area contributed by atoms with Crippen LogP contribution in [0.4, 0.5) is 0 Å². The molecule has 0 spiro atoms. The number of nitrogens with one attached hydrogen (secondary N) is 1. The Morgan fingerprint density at radius 3 is 2.64 bits per heavy atom. The van der Waals surface area contributed by atoms with Crippen molar-refractivity contribution < 1.29 is 0 Å². The second kappa shape index (κ2) is 6.17. The minimum atomic E-state index is 0.182. The van der Waals surface area contributed by atoms with Crippen molar-refractivity contribution in [3.8, 4) is 6.07 Å². The van der Waals surface area contributed by atoms with Gasteiger partial charge >= 0.3 is 0 Å². The zero-order valence-corrected chi connectivity index (χ0v) is 8.53. The van der Waals surface area contributed by atoms with Crippen LogP contribution in [-0.2, 0) is 0 Å². The first-order valence-corrected chi connectivity index (χ1v) is 5.03. The van der Waals surface area contributed by atoms with Gasteiger partial charge in [0.2, 0.25) is 0 Å². The molecule has 1 unspecified atom stereocenters. The first kappa shape index (κ1) is 10.7. The lowest BCUT2D eigenvalue weighted by atomic mass is 10.0. The van der Waals surface area contributed by atoms with Crippen molar-refractivity contribution in [1.29, 1.82) is 5.26 Å². The third kappa shape index (κ3) is 3.20. The van der Waals surface area contributed by atoms with Gasteiger partial charge in [-0.05, 0) is 18.5 Å². The maximum Gasteiger partial charge on any atom is 0.0641 e. The lowest BCUT2D eigenvalue weighted by Gasteiger charge is -2.15. The van der Waals surface area contributed by atoms with Crippen LogP contribution in [0.1, 0.15) is 31.4 Å². The Bertz CT molecular complexity index is 287. The van der Waals surface area contributed by atoms with Gasteiger partial charge in [-0.15, -0.1) is 0 Å². The molecule has 14 heavy (non-hydrogen) atoms. The highest BCUT2D eigenvalue weighted by Crippen LogP contribution is 2.15. The predicted octanol–water partition coefficient (Wildman–Crippen LogP) is 2.64. The standard InChI is InChI=1S/C12H16N2/c1-2-10-14-12(8-9-13)11-6-4-3-5-7-11/h3-7,12,14H,2,8,10H2,1H3.